The predicted molar refractivity (Wildman–Crippen MR) is 53.9 cm³/mol. The molecule has 0 saturated carbocycles. The molecule has 0 saturated heterocycles. The molecule has 1 atom stereocenters. The lowest BCUT2D eigenvalue weighted by molar-refractivity contribution is -0.143. The summed E-state index contributed by atoms with van der Waals surface area (Å²) in [5.41, 5.74) is 0.592. The van der Waals surface area contributed by atoms with Gasteiger partial charge in [-0.25, -0.2) is 0 Å². The molecule has 1 unspecified atom stereocenters. The van der Waals surface area contributed by atoms with E-state index >= 15 is 0 Å². The van der Waals surface area contributed by atoms with Gasteiger partial charge in [-0.2, -0.15) is 10.5 Å². The summed E-state index contributed by atoms with van der Waals surface area (Å²) < 4.78 is 4.74. The van der Waals surface area contributed by atoms with Crippen LogP contribution in [-0.2, 0) is 9.53 Å². The van der Waals surface area contributed by atoms with Crippen molar-refractivity contribution in [1.82, 2.24) is 4.98 Å². The summed E-state index contributed by atoms with van der Waals surface area (Å²) in [4.78, 5) is 15.3. The zero-order valence-electron chi connectivity index (χ0n) is 8.67. The van der Waals surface area contributed by atoms with Crippen molar-refractivity contribution < 1.29 is 9.53 Å². The number of nitrogens with zero attached hydrogens (tertiary/aromatic N) is 3. The molecule has 1 aromatic rings. The van der Waals surface area contributed by atoms with E-state index in [2.05, 4.69) is 4.98 Å². The van der Waals surface area contributed by atoms with Crippen molar-refractivity contribution in [1.29, 1.82) is 10.5 Å². The van der Waals surface area contributed by atoms with Gasteiger partial charge in [-0.3, -0.25) is 9.78 Å². The molecular formula is C11H9N3O2. The van der Waals surface area contributed by atoms with E-state index in [0.717, 1.165) is 0 Å². The second-order valence-corrected chi connectivity index (χ2v) is 2.90. The van der Waals surface area contributed by atoms with E-state index in [1.165, 1.54) is 18.3 Å². The standard InChI is InChI=1S/C11H9N3O2/c1-2-16-11(15)9(7-13)10-5-8(6-12)3-4-14-10/h3-5,9H,2H2,1H3. The van der Waals surface area contributed by atoms with Gasteiger partial charge in [-0.05, 0) is 19.1 Å². The molecule has 1 rings (SSSR count). The normalized spacial score (nSPS) is 10.9. The second kappa shape index (κ2) is 5.47. The van der Waals surface area contributed by atoms with Crippen LogP contribution in [0, 0.1) is 22.7 Å². The first kappa shape index (κ1) is 11.7. The van der Waals surface area contributed by atoms with Crippen LogP contribution < -0.4 is 0 Å². The summed E-state index contributed by atoms with van der Waals surface area (Å²) in [6.07, 6.45) is 1.39. The van der Waals surface area contributed by atoms with Crippen LogP contribution in [0.25, 0.3) is 0 Å². The van der Waals surface area contributed by atoms with E-state index in [-0.39, 0.29) is 12.3 Å². The molecule has 0 aromatic carbocycles. The Kier molecular flexibility index (Phi) is 3.99. The molecule has 0 aliphatic carbocycles. The molecule has 0 spiro atoms. The quantitative estimate of drug-likeness (QED) is 0.705. The molecule has 0 bridgehead atoms. The molecule has 0 aliphatic heterocycles. The van der Waals surface area contributed by atoms with E-state index in [1.54, 1.807) is 6.92 Å². The Morgan fingerprint density at radius 3 is 2.94 bits per heavy atom. The molecule has 16 heavy (non-hydrogen) atoms. The zero-order chi connectivity index (χ0) is 12.0. The van der Waals surface area contributed by atoms with Crippen molar-refractivity contribution in [2.75, 3.05) is 6.61 Å². The number of aromatic nitrogens is 1. The summed E-state index contributed by atoms with van der Waals surface area (Å²) in [6, 6.07) is 6.63. The van der Waals surface area contributed by atoms with Gasteiger partial charge in [0.1, 0.15) is 0 Å². The molecule has 5 nitrogen and oxygen atoms in total. The van der Waals surface area contributed by atoms with E-state index in [0.29, 0.717) is 5.56 Å². The van der Waals surface area contributed by atoms with Crippen molar-refractivity contribution in [2.24, 2.45) is 0 Å². The summed E-state index contributed by atoms with van der Waals surface area (Å²) >= 11 is 0. The van der Waals surface area contributed by atoms with Crippen molar-refractivity contribution in [2.45, 2.75) is 12.8 Å². The third-order valence-corrected chi connectivity index (χ3v) is 1.86. The number of ether oxygens (including phenoxy) is 1. The van der Waals surface area contributed by atoms with Gasteiger partial charge in [0, 0.05) is 6.20 Å². The van der Waals surface area contributed by atoms with E-state index in [1.807, 2.05) is 12.1 Å². The molecular weight excluding hydrogens is 206 g/mol. The van der Waals surface area contributed by atoms with Crippen LogP contribution >= 0.6 is 0 Å². The molecule has 1 aromatic heterocycles. The van der Waals surface area contributed by atoms with Crippen LogP contribution in [0.1, 0.15) is 24.1 Å². The first-order valence-corrected chi connectivity index (χ1v) is 4.65. The van der Waals surface area contributed by atoms with Gasteiger partial charge in [0.2, 0.25) is 0 Å². The smallest absolute Gasteiger partial charge is 0.329 e. The molecule has 0 N–H and O–H groups in total. The summed E-state index contributed by atoms with van der Waals surface area (Å²) in [5, 5.41) is 17.5. The zero-order valence-corrected chi connectivity index (χ0v) is 8.67. The summed E-state index contributed by atoms with van der Waals surface area (Å²) in [5.74, 6) is -1.72. The van der Waals surface area contributed by atoms with Crippen molar-refractivity contribution in [3.8, 4) is 12.1 Å². The lowest BCUT2D eigenvalue weighted by atomic mass is 10.1. The number of carbonyl (C=O) groups is 1. The highest BCUT2D eigenvalue weighted by Crippen LogP contribution is 2.15. The minimum absolute atomic E-state index is 0.203. The Hall–Kier alpha value is -2.40. The van der Waals surface area contributed by atoms with Crippen molar-refractivity contribution in [3.63, 3.8) is 0 Å². The van der Waals surface area contributed by atoms with Gasteiger partial charge in [-0.1, -0.05) is 0 Å². The number of pyridine rings is 1. The second-order valence-electron chi connectivity index (χ2n) is 2.90. The van der Waals surface area contributed by atoms with E-state index in [4.69, 9.17) is 15.3 Å². The minimum atomic E-state index is -1.08. The Labute approximate surface area is 92.9 Å². The number of esters is 1. The third-order valence-electron chi connectivity index (χ3n) is 1.86. The summed E-state index contributed by atoms with van der Waals surface area (Å²) in [6.45, 7) is 1.86. The largest absolute Gasteiger partial charge is 0.465 e. The number of nitriles is 2. The van der Waals surface area contributed by atoms with Crippen molar-refractivity contribution in [3.05, 3.63) is 29.6 Å². The molecule has 0 fully saturated rings. The molecule has 5 heteroatoms. The number of carbonyl (C=O) groups excluding carboxylic acids is 1. The molecule has 1 heterocycles. The van der Waals surface area contributed by atoms with Gasteiger partial charge in [0.05, 0.1) is 30.0 Å². The number of hydrogen-bond acceptors (Lipinski definition) is 5. The minimum Gasteiger partial charge on any atom is -0.465 e. The Morgan fingerprint density at radius 1 is 1.62 bits per heavy atom. The fourth-order valence-electron chi connectivity index (χ4n) is 1.14. The van der Waals surface area contributed by atoms with Crippen LogP contribution in [0.3, 0.4) is 0 Å². The van der Waals surface area contributed by atoms with Gasteiger partial charge >= 0.3 is 5.97 Å². The monoisotopic (exact) mass is 215 g/mol. The average molecular weight is 215 g/mol. The Bertz CT molecular complexity index is 471. The highest BCUT2D eigenvalue weighted by molar-refractivity contribution is 5.80. The maximum Gasteiger partial charge on any atom is 0.329 e. The fourth-order valence-corrected chi connectivity index (χ4v) is 1.14. The van der Waals surface area contributed by atoms with Gasteiger partial charge in [-0.15, -0.1) is 0 Å². The van der Waals surface area contributed by atoms with Crippen LogP contribution in [0.4, 0.5) is 0 Å². The lowest BCUT2D eigenvalue weighted by Gasteiger charge is -2.07. The van der Waals surface area contributed by atoms with Crippen LogP contribution in [0.5, 0.6) is 0 Å². The van der Waals surface area contributed by atoms with E-state index < -0.39 is 11.9 Å². The maximum atomic E-state index is 11.4. The maximum absolute atomic E-state index is 11.4. The van der Waals surface area contributed by atoms with E-state index in [9.17, 15) is 4.79 Å². The first-order valence-electron chi connectivity index (χ1n) is 4.65. The van der Waals surface area contributed by atoms with Gasteiger partial charge < -0.3 is 4.74 Å². The highest BCUT2D eigenvalue weighted by atomic mass is 16.5. The number of hydrogen-bond donors (Lipinski definition) is 0. The lowest BCUT2D eigenvalue weighted by Crippen LogP contribution is -2.15. The van der Waals surface area contributed by atoms with Gasteiger partial charge in [0.15, 0.2) is 5.92 Å². The van der Waals surface area contributed by atoms with Gasteiger partial charge in [0.25, 0.3) is 0 Å². The van der Waals surface area contributed by atoms with Crippen LogP contribution in [0.2, 0.25) is 0 Å². The third kappa shape index (κ3) is 2.55. The molecule has 0 amide bonds. The summed E-state index contributed by atoms with van der Waals surface area (Å²) in [7, 11) is 0. The SMILES string of the molecule is CCOC(=O)C(C#N)c1cc(C#N)ccn1. The highest BCUT2D eigenvalue weighted by Gasteiger charge is 2.23. The van der Waals surface area contributed by atoms with Crippen molar-refractivity contribution >= 4 is 5.97 Å². The molecule has 0 radical (unpaired) electrons. The first-order chi connectivity index (χ1) is 7.72. The molecule has 0 aliphatic rings. The van der Waals surface area contributed by atoms with Crippen LogP contribution in [0.15, 0.2) is 18.3 Å². The molecule has 80 valence electrons. The van der Waals surface area contributed by atoms with Crippen LogP contribution in [-0.4, -0.2) is 17.6 Å². The Balaban J connectivity index is 3.01. The average Bonchev–Trinajstić information content (AvgIpc) is 2.31. The topological polar surface area (TPSA) is 86.8 Å². The Morgan fingerprint density at radius 2 is 2.38 bits per heavy atom. The predicted octanol–water partition coefficient (Wildman–Crippen LogP) is 1.12. The number of rotatable bonds is 3. The fraction of sp³-hybridized carbons (Fsp3) is 0.273.